The minimum atomic E-state index is -3.91. The van der Waals surface area contributed by atoms with Gasteiger partial charge in [0.05, 0.1) is 16.6 Å². The van der Waals surface area contributed by atoms with E-state index >= 15 is 0 Å². The molecule has 1 atom stereocenters. The molecule has 1 heterocycles. The number of carboxylic acid groups (broad SMARTS) is 1. The molecule has 7 nitrogen and oxygen atoms in total. The largest absolute Gasteiger partial charge is 0.478 e. The smallest absolute Gasteiger partial charge is 0.337 e. The third-order valence-corrected chi connectivity index (χ3v) is 4.53. The van der Waals surface area contributed by atoms with Crippen molar-refractivity contribution in [1.82, 2.24) is 4.72 Å². The van der Waals surface area contributed by atoms with E-state index in [1.54, 1.807) is 0 Å². The number of nitrogens with two attached hydrogens (primary N) is 1. The molecule has 0 aliphatic carbocycles. The Balaban J connectivity index is 2.22. The van der Waals surface area contributed by atoms with Crippen molar-refractivity contribution in [3.63, 3.8) is 0 Å². The fourth-order valence-corrected chi connectivity index (χ4v) is 3.28. The number of ether oxygens (including phenoxy) is 1. The lowest BCUT2D eigenvalue weighted by Crippen LogP contribution is -2.32. The van der Waals surface area contributed by atoms with E-state index in [0.717, 1.165) is 18.9 Å². The Bertz CT molecular complexity index is 608. The highest BCUT2D eigenvalue weighted by Gasteiger charge is 2.24. The van der Waals surface area contributed by atoms with Gasteiger partial charge >= 0.3 is 5.97 Å². The summed E-state index contributed by atoms with van der Waals surface area (Å²) in [7, 11) is -3.91. The Morgan fingerprint density at radius 1 is 1.50 bits per heavy atom. The van der Waals surface area contributed by atoms with E-state index in [1.807, 2.05) is 0 Å². The molecule has 1 unspecified atom stereocenters. The van der Waals surface area contributed by atoms with Gasteiger partial charge in [-0.15, -0.1) is 0 Å². The number of rotatable bonds is 5. The van der Waals surface area contributed by atoms with Gasteiger partial charge in [0.1, 0.15) is 0 Å². The maximum Gasteiger partial charge on any atom is 0.337 e. The normalized spacial score (nSPS) is 19.1. The molecular formula is C12H16N2O5S. The van der Waals surface area contributed by atoms with Crippen molar-refractivity contribution < 1.29 is 23.1 Å². The van der Waals surface area contributed by atoms with Crippen LogP contribution in [0.2, 0.25) is 0 Å². The van der Waals surface area contributed by atoms with Crippen LogP contribution in [-0.4, -0.2) is 38.7 Å². The minimum Gasteiger partial charge on any atom is -0.478 e. The summed E-state index contributed by atoms with van der Waals surface area (Å²) in [6, 6.07) is 3.67. The molecule has 110 valence electrons. The predicted molar refractivity (Wildman–Crippen MR) is 72.0 cm³/mol. The summed E-state index contributed by atoms with van der Waals surface area (Å²) in [5, 5.41) is 9.06. The van der Waals surface area contributed by atoms with Gasteiger partial charge in [0.2, 0.25) is 10.0 Å². The number of benzene rings is 1. The Labute approximate surface area is 116 Å². The van der Waals surface area contributed by atoms with Crippen LogP contribution in [0.5, 0.6) is 0 Å². The summed E-state index contributed by atoms with van der Waals surface area (Å²) in [6.45, 7) is 0.750. The van der Waals surface area contributed by atoms with E-state index in [-0.39, 0.29) is 28.8 Å². The molecule has 1 aromatic carbocycles. The van der Waals surface area contributed by atoms with Gasteiger partial charge in [-0.25, -0.2) is 17.9 Å². The topological polar surface area (TPSA) is 119 Å². The Kier molecular flexibility index (Phi) is 4.26. The molecule has 0 spiro atoms. The van der Waals surface area contributed by atoms with Crippen LogP contribution in [0, 0.1) is 0 Å². The molecule has 0 radical (unpaired) electrons. The maximum atomic E-state index is 12.2. The molecule has 1 aliphatic rings. The second-order valence-corrected chi connectivity index (χ2v) is 6.28. The van der Waals surface area contributed by atoms with Crippen molar-refractivity contribution in [3.8, 4) is 0 Å². The van der Waals surface area contributed by atoms with Crippen molar-refractivity contribution in [3.05, 3.63) is 23.8 Å². The first-order chi connectivity index (χ1) is 9.40. The van der Waals surface area contributed by atoms with Crippen molar-refractivity contribution in [2.45, 2.75) is 23.8 Å². The Hall–Kier alpha value is -1.64. The molecule has 0 amide bonds. The first-order valence-electron chi connectivity index (χ1n) is 6.14. The third kappa shape index (κ3) is 3.27. The molecule has 0 saturated carbocycles. The van der Waals surface area contributed by atoms with Gasteiger partial charge in [-0.3, -0.25) is 0 Å². The molecule has 4 N–H and O–H groups in total. The molecular weight excluding hydrogens is 284 g/mol. The molecule has 8 heteroatoms. The number of carbonyl (C=O) groups is 1. The maximum absolute atomic E-state index is 12.2. The standard InChI is InChI=1S/C12H16N2O5S/c13-8-3-4-11(10(6-8)12(15)16)20(17,18)14-7-9-2-1-5-19-9/h3-4,6,9,14H,1-2,5,7,13H2,(H,15,16). The van der Waals surface area contributed by atoms with E-state index in [1.165, 1.54) is 12.1 Å². The number of hydrogen-bond donors (Lipinski definition) is 3. The summed E-state index contributed by atoms with van der Waals surface area (Å²) in [5.74, 6) is -1.34. The first-order valence-corrected chi connectivity index (χ1v) is 7.62. The molecule has 1 fully saturated rings. The summed E-state index contributed by atoms with van der Waals surface area (Å²) in [6.07, 6.45) is 1.52. The lowest BCUT2D eigenvalue weighted by molar-refractivity contribution is 0.0692. The molecule has 1 saturated heterocycles. The van der Waals surface area contributed by atoms with E-state index in [9.17, 15) is 13.2 Å². The number of aromatic carboxylic acids is 1. The zero-order valence-corrected chi connectivity index (χ0v) is 11.5. The van der Waals surface area contributed by atoms with Crippen molar-refractivity contribution in [2.24, 2.45) is 0 Å². The average molecular weight is 300 g/mol. The van der Waals surface area contributed by atoms with Crippen molar-refractivity contribution in [2.75, 3.05) is 18.9 Å². The van der Waals surface area contributed by atoms with Crippen molar-refractivity contribution >= 4 is 21.7 Å². The molecule has 2 rings (SSSR count). The van der Waals surface area contributed by atoms with Crippen molar-refractivity contribution in [1.29, 1.82) is 0 Å². The zero-order chi connectivity index (χ0) is 14.8. The number of nitrogens with one attached hydrogen (secondary N) is 1. The van der Waals surface area contributed by atoms with Gasteiger partial charge in [0.15, 0.2) is 0 Å². The summed E-state index contributed by atoms with van der Waals surface area (Å²) in [4.78, 5) is 10.8. The Morgan fingerprint density at radius 3 is 2.85 bits per heavy atom. The fraction of sp³-hybridized carbons (Fsp3) is 0.417. The Morgan fingerprint density at radius 2 is 2.25 bits per heavy atom. The van der Waals surface area contributed by atoms with E-state index in [0.29, 0.717) is 6.61 Å². The number of nitrogen functional groups attached to an aromatic ring is 1. The van der Waals surface area contributed by atoms with E-state index < -0.39 is 16.0 Å². The highest BCUT2D eigenvalue weighted by molar-refractivity contribution is 7.89. The SMILES string of the molecule is Nc1ccc(S(=O)(=O)NCC2CCCO2)c(C(=O)O)c1. The molecule has 0 aromatic heterocycles. The average Bonchev–Trinajstić information content (AvgIpc) is 2.89. The van der Waals surface area contributed by atoms with Gasteiger partial charge < -0.3 is 15.6 Å². The molecule has 1 aliphatic heterocycles. The zero-order valence-electron chi connectivity index (χ0n) is 10.7. The van der Waals surface area contributed by atoms with Crippen LogP contribution in [0.1, 0.15) is 23.2 Å². The number of sulfonamides is 1. The van der Waals surface area contributed by atoms with E-state index in [4.69, 9.17) is 15.6 Å². The first kappa shape index (κ1) is 14.8. The number of carboxylic acids is 1. The highest BCUT2D eigenvalue weighted by atomic mass is 32.2. The molecule has 0 bridgehead atoms. The van der Waals surface area contributed by atoms with Crippen LogP contribution in [-0.2, 0) is 14.8 Å². The van der Waals surface area contributed by atoms with Crippen LogP contribution in [0.15, 0.2) is 23.1 Å². The van der Waals surface area contributed by atoms with Gasteiger partial charge in [-0.1, -0.05) is 0 Å². The lowest BCUT2D eigenvalue weighted by atomic mass is 10.2. The summed E-state index contributed by atoms with van der Waals surface area (Å²) in [5.41, 5.74) is 5.34. The molecule has 1 aromatic rings. The van der Waals surface area contributed by atoms with Crippen LogP contribution in [0.3, 0.4) is 0 Å². The monoisotopic (exact) mass is 300 g/mol. The minimum absolute atomic E-state index is 0.131. The van der Waals surface area contributed by atoms with Crippen LogP contribution in [0.4, 0.5) is 5.69 Å². The second-order valence-electron chi connectivity index (χ2n) is 4.55. The number of anilines is 1. The van der Waals surface area contributed by atoms with Gasteiger partial charge in [-0.2, -0.15) is 0 Å². The van der Waals surface area contributed by atoms with E-state index in [2.05, 4.69) is 4.72 Å². The summed E-state index contributed by atoms with van der Waals surface area (Å²) >= 11 is 0. The molecule has 20 heavy (non-hydrogen) atoms. The predicted octanol–water partition coefficient (Wildman–Crippen LogP) is 0.424. The second kappa shape index (κ2) is 5.78. The lowest BCUT2D eigenvalue weighted by Gasteiger charge is -2.13. The van der Waals surface area contributed by atoms with Crippen LogP contribution < -0.4 is 10.5 Å². The van der Waals surface area contributed by atoms with Crippen LogP contribution in [0.25, 0.3) is 0 Å². The highest BCUT2D eigenvalue weighted by Crippen LogP contribution is 2.19. The number of hydrogen-bond acceptors (Lipinski definition) is 5. The van der Waals surface area contributed by atoms with Crippen LogP contribution >= 0.6 is 0 Å². The van der Waals surface area contributed by atoms with Gasteiger partial charge in [0.25, 0.3) is 0 Å². The third-order valence-electron chi connectivity index (χ3n) is 3.05. The van der Waals surface area contributed by atoms with Gasteiger partial charge in [-0.05, 0) is 31.0 Å². The summed E-state index contributed by atoms with van der Waals surface area (Å²) < 4.78 is 32.0. The quantitative estimate of drug-likeness (QED) is 0.678. The van der Waals surface area contributed by atoms with Gasteiger partial charge in [0, 0.05) is 18.8 Å². The fourth-order valence-electron chi connectivity index (χ4n) is 2.03.